The fourth-order valence-electron chi connectivity index (χ4n) is 13.4. The van der Waals surface area contributed by atoms with Gasteiger partial charge < -0.3 is 9.16 Å². The molecule has 0 aromatic heterocycles. The Morgan fingerprint density at radius 3 is 1.94 bits per heavy atom. The van der Waals surface area contributed by atoms with Gasteiger partial charge in [0.15, 0.2) is 0 Å². The van der Waals surface area contributed by atoms with E-state index in [1.807, 2.05) is 11.8 Å². The molecule has 0 saturated heterocycles. The summed E-state index contributed by atoms with van der Waals surface area (Å²) in [5, 5.41) is 2.75. The molecule has 4 aliphatic carbocycles. The first-order chi connectivity index (χ1) is 25.7. The van der Waals surface area contributed by atoms with Crippen molar-refractivity contribution in [3.8, 4) is 0 Å². The zero-order valence-electron chi connectivity index (χ0n) is 36.4. The average Bonchev–Trinajstić information content (AvgIpc) is 3.51. The Balaban J connectivity index is 1.02. The zero-order chi connectivity index (χ0) is 38.7. The fraction of sp³-hybridized carbons (Fsp3) is 0.760. The average molecular weight is 773 g/mol. The van der Waals surface area contributed by atoms with Crippen molar-refractivity contribution in [3.63, 3.8) is 0 Å². The highest BCUT2D eigenvalue weighted by Crippen LogP contribution is 2.68. The third kappa shape index (κ3) is 8.68. The maximum Gasteiger partial charge on any atom is 0.261 e. The molecule has 2 aromatic carbocycles. The lowest BCUT2D eigenvalue weighted by Crippen LogP contribution is -2.67. The first-order valence-electron chi connectivity index (χ1n) is 22.7. The first kappa shape index (κ1) is 42.5. The van der Waals surface area contributed by atoms with Crippen LogP contribution in [0.5, 0.6) is 0 Å². The summed E-state index contributed by atoms with van der Waals surface area (Å²) in [6, 6.07) is 22.2. The van der Waals surface area contributed by atoms with E-state index in [1.165, 1.54) is 87.4 Å². The number of hydrogen-bond donors (Lipinski definition) is 0. The van der Waals surface area contributed by atoms with Crippen molar-refractivity contribution in [2.75, 3.05) is 6.26 Å². The van der Waals surface area contributed by atoms with Crippen LogP contribution < -0.4 is 10.4 Å². The van der Waals surface area contributed by atoms with Gasteiger partial charge in [-0.3, -0.25) is 0 Å². The fourth-order valence-corrected chi connectivity index (χ4v) is 18.9. The molecule has 11 atom stereocenters. The quantitative estimate of drug-likeness (QED) is 0.125. The van der Waals surface area contributed by atoms with E-state index in [1.54, 1.807) is 0 Å². The molecule has 0 heterocycles. The molecule has 1 unspecified atom stereocenters. The SMILES string of the molecule is CSC(CCC[C@@H](C)O[Si](c1ccccc1)(c1ccccc1)C(C)(C)C)O[C@H]1CC[C@@]2(C)[C@@H](CC[C@@H]3[C@@H]2CC[C@]2(C)[C@@H]([C@@H](C)CCCC(C)C)CC[C@@H]32)C1. The largest absolute Gasteiger partial charge is 0.405 e. The first-order valence-corrected chi connectivity index (χ1v) is 25.9. The molecule has 4 fully saturated rings. The lowest BCUT2D eigenvalue weighted by molar-refractivity contribution is -0.139. The van der Waals surface area contributed by atoms with E-state index < -0.39 is 8.32 Å². The lowest BCUT2D eigenvalue weighted by Gasteiger charge is -2.61. The summed E-state index contributed by atoms with van der Waals surface area (Å²) in [6.45, 7) is 22.4. The molecule has 0 N–H and O–H groups in total. The minimum absolute atomic E-state index is 0.00574. The van der Waals surface area contributed by atoms with Crippen molar-refractivity contribution < 1.29 is 9.16 Å². The van der Waals surface area contributed by atoms with Crippen molar-refractivity contribution in [1.82, 2.24) is 0 Å². The molecule has 0 amide bonds. The molecule has 0 spiro atoms. The van der Waals surface area contributed by atoms with Crippen LogP contribution >= 0.6 is 11.8 Å². The van der Waals surface area contributed by atoms with Crippen LogP contribution in [0.1, 0.15) is 159 Å². The molecule has 2 aromatic rings. The molecule has 0 radical (unpaired) electrons. The molecule has 4 heteroatoms. The van der Waals surface area contributed by atoms with Gasteiger partial charge in [0.25, 0.3) is 8.32 Å². The molecule has 54 heavy (non-hydrogen) atoms. The van der Waals surface area contributed by atoms with Crippen molar-refractivity contribution >= 4 is 30.5 Å². The summed E-state index contributed by atoms with van der Waals surface area (Å²) >= 11 is 1.94. The summed E-state index contributed by atoms with van der Waals surface area (Å²) in [5.74, 6) is 6.44. The Bertz CT molecular complexity index is 1400. The molecule has 4 aliphatic rings. The summed E-state index contributed by atoms with van der Waals surface area (Å²) in [5.41, 5.74) is 1.40. The number of hydrogen-bond acceptors (Lipinski definition) is 3. The monoisotopic (exact) mass is 773 g/mol. The second-order valence-electron chi connectivity index (χ2n) is 20.9. The number of benzene rings is 2. The Morgan fingerprint density at radius 1 is 0.722 bits per heavy atom. The molecule has 0 aliphatic heterocycles. The molecule has 4 saturated carbocycles. The second kappa shape index (κ2) is 17.8. The molecule has 0 bridgehead atoms. The summed E-state index contributed by atoms with van der Waals surface area (Å²) in [6.07, 6.45) is 23.4. The highest BCUT2D eigenvalue weighted by molar-refractivity contribution is 7.99. The van der Waals surface area contributed by atoms with E-state index in [9.17, 15) is 0 Å². The van der Waals surface area contributed by atoms with Crippen LogP contribution in [0.4, 0.5) is 0 Å². The number of rotatable bonds is 16. The third-order valence-corrected chi connectivity index (χ3v) is 22.3. The number of ether oxygens (including phenoxy) is 1. The van der Waals surface area contributed by atoms with Crippen LogP contribution in [0.2, 0.25) is 5.04 Å². The van der Waals surface area contributed by atoms with Gasteiger partial charge in [-0.2, -0.15) is 0 Å². The van der Waals surface area contributed by atoms with Gasteiger partial charge >= 0.3 is 0 Å². The smallest absolute Gasteiger partial charge is 0.261 e. The molecular weight excluding hydrogens is 693 g/mol. The van der Waals surface area contributed by atoms with E-state index in [0.29, 0.717) is 16.9 Å². The van der Waals surface area contributed by atoms with Gasteiger partial charge in [-0.1, -0.05) is 135 Å². The third-order valence-electron chi connectivity index (χ3n) is 16.3. The molecule has 6 rings (SSSR count). The predicted molar refractivity (Wildman–Crippen MR) is 237 cm³/mol. The zero-order valence-corrected chi connectivity index (χ0v) is 38.2. The van der Waals surface area contributed by atoms with Crippen molar-refractivity contribution in [2.45, 2.75) is 181 Å². The number of fused-ring (bicyclic) bond motifs is 5. The normalized spacial score (nSPS) is 33.1. The minimum Gasteiger partial charge on any atom is -0.405 e. The number of thioether (sulfide) groups is 1. The van der Waals surface area contributed by atoms with Gasteiger partial charge in [-0.25, -0.2) is 0 Å². The topological polar surface area (TPSA) is 18.5 Å². The molecule has 302 valence electrons. The molecule has 2 nitrogen and oxygen atoms in total. The minimum atomic E-state index is -2.53. The van der Waals surface area contributed by atoms with Crippen molar-refractivity contribution in [3.05, 3.63) is 60.7 Å². The van der Waals surface area contributed by atoms with Gasteiger partial charge in [0.2, 0.25) is 0 Å². The summed E-state index contributed by atoms with van der Waals surface area (Å²) < 4.78 is 14.5. The highest BCUT2D eigenvalue weighted by Gasteiger charge is 2.60. The Labute approximate surface area is 338 Å². The Morgan fingerprint density at radius 2 is 1.33 bits per heavy atom. The van der Waals surface area contributed by atoms with E-state index in [-0.39, 0.29) is 16.6 Å². The van der Waals surface area contributed by atoms with Crippen LogP contribution in [0, 0.1) is 52.3 Å². The van der Waals surface area contributed by atoms with Crippen LogP contribution in [0.15, 0.2) is 60.7 Å². The summed E-state index contributed by atoms with van der Waals surface area (Å²) in [7, 11) is -2.53. The Kier molecular flexibility index (Phi) is 14.0. The van der Waals surface area contributed by atoms with Crippen LogP contribution in [-0.2, 0) is 9.16 Å². The summed E-state index contributed by atoms with van der Waals surface area (Å²) in [4.78, 5) is 0. The maximum absolute atomic E-state index is 7.42. The van der Waals surface area contributed by atoms with Gasteiger partial charge in [-0.15, -0.1) is 11.8 Å². The van der Waals surface area contributed by atoms with Crippen molar-refractivity contribution in [2.24, 2.45) is 52.3 Å². The van der Waals surface area contributed by atoms with Crippen LogP contribution in [0.3, 0.4) is 0 Å². The highest BCUT2D eigenvalue weighted by atomic mass is 32.2. The van der Waals surface area contributed by atoms with E-state index in [4.69, 9.17) is 9.16 Å². The lowest BCUT2D eigenvalue weighted by atomic mass is 9.44. The maximum atomic E-state index is 7.42. The van der Waals surface area contributed by atoms with E-state index in [0.717, 1.165) is 60.7 Å². The van der Waals surface area contributed by atoms with Gasteiger partial charge in [-0.05, 0) is 158 Å². The predicted octanol–water partition coefficient (Wildman–Crippen LogP) is 13.3. The molecular formula is C50H80O2SSi. The second-order valence-corrected chi connectivity index (χ2v) is 26.2. The Hall–Kier alpha value is -1.07. The standard InChI is InChI=1S/C50H80O2SSi/c1-36(2)19-17-20-37(3)44-29-30-45-43-28-27-39-35-40(31-33-49(39,8)46(43)32-34-50(44,45)9)51-47(53-10)26-18-21-38(4)52-54(48(5,6)7,41-22-13-11-14-23-41)42-24-15-12-16-25-42/h11-16,22-25,36-40,43-47H,17-21,26-35H2,1-10H3/t37-,38+,39-,40-,43-,44+,45-,46-,47?,49-,50+/m0/s1. The van der Waals surface area contributed by atoms with Gasteiger partial charge in [0.1, 0.15) is 5.44 Å². The van der Waals surface area contributed by atoms with E-state index in [2.05, 4.69) is 129 Å². The van der Waals surface area contributed by atoms with Gasteiger partial charge in [0, 0.05) is 6.10 Å². The van der Waals surface area contributed by atoms with Gasteiger partial charge in [0.05, 0.1) is 6.10 Å². The van der Waals surface area contributed by atoms with Crippen LogP contribution in [-0.4, -0.2) is 32.2 Å². The van der Waals surface area contributed by atoms with E-state index >= 15 is 0 Å². The van der Waals surface area contributed by atoms with Crippen LogP contribution in [0.25, 0.3) is 0 Å². The van der Waals surface area contributed by atoms with Crippen molar-refractivity contribution in [1.29, 1.82) is 0 Å².